The van der Waals surface area contributed by atoms with Gasteiger partial charge in [0.05, 0.1) is 0 Å². The van der Waals surface area contributed by atoms with Crippen LogP contribution in [-0.4, -0.2) is 23.3 Å². The Bertz CT molecular complexity index is 392. The number of aromatic nitrogens is 2. The summed E-state index contributed by atoms with van der Waals surface area (Å²) in [5, 5.41) is 4.09. The van der Waals surface area contributed by atoms with Crippen molar-refractivity contribution in [3.05, 3.63) is 11.7 Å². The lowest BCUT2D eigenvalue weighted by molar-refractivity contribution is -0.0403. The Kier molecular flexibility index (Phi) is 6.62. The van der Waals surface area contributed by atoms with Crippen LogP contribution in [0.4, 0.5) is 0 Å². The highest BCUT2D eigenvalue weighted by Crippen LogP contribution is 2.27. The Morgan fingerprint density at radius 3 is 2.55 bits per heavy atom. The van der Waals surface area contributed by atoms with Crippen molar-refractivity contribution in [1.29, 1.82) is 0 Å². The van der Waals surface area contributed by atoms with Gasteiger partial charge in [-0.25, -0.2) is 0 Å². The molecule has 0 saturated heterocycles. The van der Waals surface area contributed by atoms with Crippen LogP contribution in [0.1, 0.15) is 59.2 Å². The predicted octanol–water partition coefficient (Wildman–Crippen LogP) is 2.89. The minimum absolute atomic E-state index is 0.392. The number of hydrogen-bond donors (Lipinski definition) is 1. The summed E-state index contributed by atoms with van der Waals surface area (Å²) in [4.78, 5) is 4.51. The van der Waals surface area contributed by atoms with Gasteiger partial charge in [0.25, 0.3) is 0 Å². The van der Waals surface area contributed by atoms with Gasteiger partial charge in [-0.3, -0.25) is 0 Å². The minimum atomic E-state index is -0.466. The average Bonchev–Trinajstić information content (AvgIpc) is 2.86. The number of nitrogens with zero attached hydrogens (tertiary/aromatic N) is 2. The van der Waals surface area contributed by atoms with E-state index in [-0.39, 0.29) is 0 Å². The molecule has 5 nitrogen and oxygen atoms in total. The first-order chi connectivity index (χ1) is 9.45. The fourth-order valence-electron chi connectivity index (χ4n) is 2.37. The van der Waals surface area contributed by atoms with Crippen molar-refractivity contribution in [3.8, 4) is 0 Å². The lowest BCUT2D eigenvalue weighted by Crippen LogP contribution is -2.26. The van der Waals surface area contributed by atoms with Gasteiger partial charge in [-0.15, -0.1) is 0 Å². The van der Waals surface area contributed by atoms with Gasteiger partial charge in [0, 0.05) is 13.0 Å². The van der Waals surface area contributed by atoms with Crippen molar-refractivity contribution in [2.24, 2.45) is 17.6 Å². The topological polar surface area (TPSA) is 74.2 Å². The number of hydrogen-bond acceptors (Lipinski definition) is 5. The molecule has 5 heteroatoms. The Labute approximate surface area is 122 Å². The fraction of sp³-hybridized carbons (Fsp3) is 0.867. The van der Waals surface area contributed by atoms with Crippen LogP contribution < -0.4 is 5.73 Å². The summed E-state index contributed by atoms with van der Waals surface area (Å²) >= 11 is 0. The van der Waals surface area contributed by atoms with Crippen LogP contribution in [0, 0.1) is 11.8 Å². The molecule has 0 fully saturated rings. The van der Waals surface area contributed by atoms with Gasteiger partial charge in [0.15, 0.2) is 0 Å². The second-order valence-corrected chi connectivity index (χ2v) is 5.96. The summed E-state index contributed by atoms with van der Waals surface area (Å²) < 4.78 is 11.1. The lowest BCUT2D eigenvalue weighted by atomic mass is 9.94. The minimum Gasteiger partial charge on any atom is -0.367 e. The second kappa shape index (κ2) is 7.74. The van der Waals surface area contributed by atoms with Crippen LogP contribution >= 0.6 is 0 Å². The maximum Gasteiger partial charge on any atom is 0.227 e. The summed E-state index contributed by atoms with van der Waals surface area (Å²) in [6, 6.07) is 0. The van der Waals surface area contributed by atoms with Crippen LogP contribution in [-0.2, 0) is 16.8 Å². The van der Waals surface area contributed by atoms with E-state index in [0.29, 0.717) is 36.7 Å². The van der Waals surface area contributed by atoms with Gasteiger partial charge in [-0.2, -0.15) is 4.98 Å². The molecule has 0 spiro atoms. The van der Waals surface area contributed by atoms with Crippen LogP contribution in [0.5, 0.6) is 0 Å². The van der Waals surface area contributed by atoms with E-state index in [9.17, 15) is 0 Å². The molecule has 0 radical (unpaired) electrons. The molecule has 0 amide bonds. The van der Waals surface area contributed by atoms with Gasteiger partial charge in [0.1, 0.15) is 5.60 Å². The zero-order chi connectivity index (χ0) is 15.2. The van der Waals surface area contributed by atoms with Crippen LogP contribution in [0.15, 0.2) is 4.52 Å². The molecule has 0 aromatic carbocycles. The van der Waals surface area contributed by atoms with Crippen molar-refractivity contribution in [3.63, 3.8) is 0 Å². The number of rotatable bonds is 9. The van der Waals surface area contributed by atoms with E-state index in [0.717, 1.165) is 19.3 Å². The highest BCUT2D eigenvalue weighted by molar-refractivity contribution is 4.99. The third kappa shape index (κ3) is 4.56. The quantitative estimate of drug-likeness (QED) is 0.754. The molecule has 1 rings (SSSR count). The molecule has 0 saturated carbocycles. The summed E-state index contributed by atoms with van der Waals surface area (Å²) in [5.74, 6) is 2.31. The normalized spacial score (nSPS) is 16.4. The first kappa shape index (κ1) is 17.1. The van der Waals surface area contributed by atoms with E-state index >= 15 is 0 Å². The molecule has 2 atom stereocenters. The standard InChI is InChI=1S/C15H29N3O2/c1-6-15(5,19-7-2)14-17-13(20-18-14)9-12(10-16)8-11(3)4/h11-12H,6-10,16H2,1-5H3. The molecule has 1 aromatic heterocycles. The Morgan fingerprint density at radius 2 is 2.05 bits per heavy atom. The average molecular weight is 283 g/mol. The van der Waals surface area contributed by atoms with Crippen molar-refractivity contribution in [2.75, 3.05) is 13.2 Å². The molecule has 116 valence electrons. The molecule has 0 bridgehead atoms. The molecule has 0 aliphatic carbocycles. The zero-order valence-corrected chi connectivity index (χ0v) is 13.5. The van der Waals surface area contributed by atoms with Gasteiger partial charge in [0.2, 0.25) is 11.7 Å². The Hall–Kier alpha value is -0.940. The molecule has 20 heavy (non-hydrogen) atoms. The maximum atomic E-state index is 5.82. The second-order valence-electron chi connectivity index (χ2n) is 5.96. The molecule has 1 heterocycles. The smallest absolute Gasteiger partial charge is 0.227 e. The summed E-state index contributed by atoms with van der Waals surface area (Å²) in [6.45, 7) is 11.7. The maximum absolute atomic E-state index is 5.82. The van der Waals surface area contributed by atoms with E-state index in [1.807, 2.05) is 13.8 Å². The summed E-state index contributed by atoms with van der Waals surface area (Å²) in [7, 11) is 0. The van der Waals surface area contributed by atoms with Crippen molar-refractivity contribution >= 4 is 0 Å². The molecule has 2 N–H and O–H groups in total. The molecule has 2 unspecified atom stereocenters. The van der Waals surface area contributed by atoms with Crippen LogP contribution in [0.2, 0.25) is 0 Å². The molecule has 0 aliphatic heterocycles. The van der Waals surface area contributed by atoms with Gasteiger partial charge < -0.3 is 15.0 Å². The van der Waals surface area contributed by atoms with E-state index < -0.39 is 5.60 Å². The van der Waals surface area contributed by atoms with E-state index in [1.165, 1.54) is 0 Å². The predicted molar refractivity (Wildman–Crippen MR) is 79.3 cm³/mol. The largest absolute Gasteiger partial charge is 0.367 e. The monoisotopic (exact) mass is 283 g/mol. The third-order valence-electron chi connectivity index (χ3n) is 3.68. The van der Waals surface area contributed by atoms with Crippen LogP contribution in [0.25, 0.3) is 0 Å². The SMILES string of the molecule is CCOC(C)(CC)c1noc(CC(CN)CC(C)C)n1. The zero-order valence-electron chi connectivity index (χ0n) is 13.5. The summed E-state index contributed by atoms with van der Waals surface area (Å²) in [5.41, 5.74) is 5.36. The fourth-order valence-corrected chi connectivity index (χ4v) is 2.37. The van der Waals surface area contributed by atoms with Crippen LogP contribution in [0.3, 0.4) is 0 Å². The lowest BCUT2D eigenvalue weighted by Gasteiger charge is -2.23. The van der Waals surface area contributed by atoms with E-state index in [2.05, 4.69) is 30.9 Å². The van der Waals surface area contributed by atoms with E-state index in [1.54, 1.807) is 0 Å². The highest BCUT2D eigenvalue weighted by Gasteiger charge is 2.31. The van der Waals surface area contributed by atoms with Crippen molar-refractivity contribution in [1.82, 2.24) is 10.1 Å². The molecular formula is C15H29N3O2. The van der Waals surface area contributed by atoms with Crippen molar-refractivity contribution in [2.45, 2.75) is 59.5 Å². The Morgan fingerprint density at radius 1 is 1.35 bits per heavy atom. The van der Waals surface area contributed by atoms with Gasteiger partial charge >= 0.3 is 0 Å². The first-order valence-corrected chi connectivity index (χ1v) is 7.62. The molecular weight excluding hydrogens is 254 g/mol. The number of ether oxygens (including phenoxy) is 1. The third-order valence-corrected chi connectivity index (χ3v) is 3.68. The van der Waals surface area contributed by atoms with E-state index in [4.69, 9.17) is 15.0 Å². The Balaban J connectivity index is 2.75. The first-order valence-electron chi connectivity index (χ1n) is 7.62. The van der Waals surface area contributed by atoms with Gasteiger partial charge in [-0.1, -0.05) is 25.9 Å². The summed E-state index contributed by atoms with van der Waals surface area (Å²) in [6.07, 6.45) is 2.63. The van der Waals surface area contributed by atoms with Crippen molar-refractivity contribution < 1.29 is 9.26 Å². The molecule has 0 aliphatic rings. The highest BCUT2D eigenvalue weighted by atomic mass is 16.5. The molecule has 1 aromatic rings. The number of nitrogens with two attached hydrogens (primary N) is 1. The van der Waals surface area contributed by atoms with Gasteiger partial charge in [-0.05, 0) is 45.1 Å².